The molecule has 1 fully saturated rings. The zero-order valence-corrected chi connectivity index (χ0v) is 19.1. The van der Waals surface area contributed by atoms with E-state index in [4.69, 9.17) is 4.74 Å². The fourth-order valence-corrected chi connectivity index (χ4v) is 5.34. The molecular formula is C20H34N4O3S2. The topological polar surface area (TPSA) is 83.0 Å². The molecule has 1 aliphatic rings. The van der Waals surface area contributed by atoms with Gasteiger partial charge in [-0.05, 0) is 18.4 Å². The fraction of sp³-hybridized carbons (Fsp3) is 0.650. The summed E-state index contributed by atoms with van der Waals surface area (Å²) in [5.41, 5.74) is 1.16. The highest BCUT2D eigenvalue weighted by atomic mass is 32.2. The molecule has 0 aliphatic carbocycles. The highest BCUT2D eigenvalue weighted by Crippen LogP contribution is 2.13. The van der Waals surface area contributed by atoms with Crippen molar-refractivity contribution in [1.29, 1.82) is 0 Å². The van der Waals surface area contributed by atoms with Crippen molar-refractivity contribution in [3.63, 3.8) is 0 Å². The minimum atomic E-state index is -3.21. The second-order valence-electron chi connectivity index (χ2n) is 7.08. The maximum absolute atomic E-state index is 12.4. The molecule has 0 aromatic heterocycles. The molecule has 1 saturated heterocycles. The summed E-state index contributed by atoms with van der Waals surface area (Å²) >= 11 is 1.80. The van der Waals surface area contributed by atoms with Gasteiger partial charge in [-0.2, -0.15) is 11.8 Å². The first kappa shape index (κ1) is 24.0. The number of thioether (sulfide) groups is 1. The largest absolute Gasteiger partial charge is 0.376 e. The number of rotatable bonds is 11. The molecule has 1 heterocycles. The first-order valence-corrected chi connectivity index (χ1v) is 13.0. The summed E-state index contributed by atoms with van der Waals surface area (Å²) in [6, 6.07) is 10.1. The smallest absolute Gasteiger partial charge is 0.215 e. The van der Waals surface area contributed by atoms with Crippen LogP contribution in [0.1, 0.15) is 19.4 Å². The molecule has 1 aromatic carbocycles. The number of nitrogens with zero attached hydrogens (tertiary/aromatic N) is 2. The molecular weight excluding hydrogens is 408 g/mol. The third-order valence-electron chi connectivity index (χ3n) is 4.44. The molecule has 0 spiro atoms. The van der Waals surface area contributed by atoms with Gasteiger partial charge in [0.25, 0.3) is 0 Å². The van der Waals surface area contributed by atoms with E-state index < -0.39 is 10.0 Å². The van der Waals surface area contributed by atoms with Crippen LogP contribution in [0.5, 0.6) is 0 Å². The Kier molecular flexibility index (Phi) is 10.8. The number of hydrogen-bond acceptors (Lipinski definition) is 5. The molecule has 2 N–H and O–H groups in total. The van der Waals surface area contributed by atoms with Gasteiger partial charge in [0.2, 0.25) is 10.0 Å². The summed E-state index contributed by atoms with van der Waals surface area (Å²) in [7, 11) is -3.21. The predicted octanol–water partition coefficient (Wildman–Crippen LogP) is 1.77. The summed E-state index contributed by atoms with van der Waals surface area (Å²) in [5, 5.41) is 6.31. The van der Waals surface area contributed by atoms with Crippen LogP contribution < -0.4 is 10.6 Å². The van der Waals surface area contributed by atoms with Gasteiger partial charge in [-0.3, -0.25) is 4.99 Å². The van der Waals surface area contributed by atoms with Crippen LogP contribution in [-0.2, 0) is 21.4 Å². The minimum Gasteiger partial charge on any atom is -0.376 e. The molecule has 0 radical (unpaired) electrons. The molecule has 7 nitrogen and oxygen atoms in total. The summed E-state index contributed by atoms with van der Waals surface area (Å²) < 4.78 is 32.2. The summed E-state index contributed by atoms with van der Waals surface area (Å²) in [6.07, 6.45) is 0. The molecule has 0 amide bonds. The highest BCUT2D eigenvalue weighted by molar-refractivity contribution is 7.99. The van der Waals surface area contributed by atoms with Crippen molar-refractivity contribution in [3.05, 3.63) is 35.9 Å². The van der Waals surface area contributed by atoms with E-state index >= 15 is 0 Å². The van der Waals surface area contributed by atoms with Crippen molar-refractivity contribution >= 4 is 27.7 Å². The minimum absolute atomic E-state index is 0.0812. The van der Waals surface area contributed by atoms with Gasteiger partial charge < -0.3 is 15.4 Å². The molecule has 0 bridgehead atoms. The number of benzene rings is 1. The van der Waals surface area contributed by atoms with Crippen LogP contribution in [0.2, 0.25) is 0 Å². The second-order valence-corrected chi connectivity index (χ2v) is 10.4. The zero-order chi connectivity index (χ0) is 21.0. The van der Waals surface area contributed by atoms with Gasteiger partial charge >= 0.3 is 0 Å². The molecule has 29 heavy (non-hydrogen) atoms. The SMILES string of the molecule is CCNC(=NCC(C)COCc1ccccc1)NCCS(=O)(=O)N1CCSCC1. The van der Waals surface area contributed by atoms with E-state index in [0.717, 1.165) is 23.6 Å². The van der Waals surface area contributed by atoms with E-state index in [-0.39, 0.29) is 11.7 Å². The third-order valence-corrected chi connectivity index (χ3v) is 7.25. The lowest BCUT2D eigenvalue weighted by molar-refractivity contribution is 0.0945. The van der Waals surface area contributed by atoms with Gasteiger partial charge in [0, 0.05) is 44.2 Å². The zero-order valence-electron chi connectivity index (χ0n) is 17.5. The van der Waals surface area contributed by atoms with Crippen LogP contribution in [0, 0.1) is 5.92 Å². The van der Waals surface area contributed by atoms with Crippen LogP contribution in [0.3, 0.4) is 0 Å². The van der Waals surface area contributed by atoms with Crippen molar-refractivity contribution in [3.8, 4) is 0 Å². The molecule has 1 aliphatic heterocycles. The lowest BCUT2D eigenvalue weighted by Gasteiger charge is -2.25. The fourth-order valence-electron chi connectivity index (χ4n) is 2.85. The second kappa shape index (κ2) is 13.1. The molecule has 164 valence electrons. The highest BCUT2D eigenvalue weighted by Gasteiger charge is 2.23. The van der Waals surface area contributed by atoms with Gasteiger partial charge in [0.15, 0.2) is 5.96 Å². The van der Waals surface area contributed by atoms with E-state index in [2.05, 4.69) is 22.5 Å². The number of nitrogens with one attached hydrogen (secondary N) is 2. The van der Waals surface area contributed by atoms with E-state index in [1.165, 1.54) is 0 Å². The van der Waals surface area contributed by atoms with Gasteiger partial charge in [-0.25, -0.2) is 12.7 Å². The predicted molar refractivity (Wildman–Crippen MR) is 122 cm³/mol. The Bertz CT molecular complexity index is 708. The molecule has 1 aromatic rings. The van der Waals surface area contributed by atoms with Gasteiger partial charge in [0.05, 0.1) is 19.0 Å². The van der Waals surface area contributed by atoms with Crippen LogP contribution in [-0.4, -0.2) is 75.3 Å². The molecule has 9 heteroatoms. The maximum atomic E-state index is 12.4. The summed E-state index contributed by atoms with van der Waals surface area (Å²) in [5.74, 6) is 2.75. The van der Waals surface area contributed by atoms with Gasteiger partial charge in [-0.15, -0.1) is 0 Å². The number of guanidine groups is 1. The first-order chi connectivity index (χ1) is 14.0. The number of ether oxygens (including phenoxy) is 1. The van der Waals surface area contributed by atoms with Gasteiger partial charge in [-0.1, -0.05) is 37.3 Å². The van der Waals surface area contributed by atoms with Gasteiger partial charge in [0.1, 0.15) is 0 Å². The Balaban J connectivity index is 1.72. The van der Waals surface area contributed by atoms with E-state index in [1.807, 2.05) is 37.3 Å². The lowest BCUT2D eigenvalue weighted by Crippen LogP contribution is -2.44. The Labute approximate surface area is 179 Å². The quantitative estimate of drug-likeness (QED) is 0.401. The van der Waals surface area contributed by atoms with Crippen molar-refractivity contribution in [1.82, 2.24) is 14.9 Å². The maximum Gasteiger partial charge on any atom is 0.215 e. The van der Waals surface area contributed by atoms with Crippen molar-refractivity contribution < 1.29 is 13.2 Å². The average Bonchev–Trinajstić information content (AvgIpc) is 2.73. The van der Waals surface area contributed by atoms with E-state index in [0.29, 0.717) is 45.4 Å². The first-order valence-electron chi connectivity index (χ1n) is 10.2. The average molecular weight is 443 g/mol. The Hall–Kier alpha value is -1.29. The number of aliphatic imine (C=N–C) groups is 1. The molecule has 2 rings (SSSR count). The Morgan fingerprint density at radius 1 is 1.24 bits per heavy atom. The van der Waals surface area contributed by atoms with Crippen molar-refractivity contribution in [2.45, 2.75) is 20.5 Å². The third kappa shape index (κ3) is 9.37. The van der Waals surface area contributed by atoms with Crippen LogP contribution in [0.25, 0.3) is 0 Å². The van der Waals surface area contributed by atoms with Crippen LogP contribution in [0.4, 0.5) is 0 Å². The van der Waals surface area contributed by atoms with Crippen LogP contribution >= 0.6 is 11.8 Å². The van der Waals surface area contributed by atoms with Crippen LogP contribution in [0.15, 0.2) is 35.3 Å². The molecule has 0 saturated carbocycles. The van der Waals surface area contributed by atoms with Crippen molar-refractivity contribution in [2.75, 3.05) is 56.6 Å². The monoisotopic (exact) mass is 442 g/mol. The summed E-state index contributed by atoms with van der Waals surface area (Å²) in [6.45, 7) is 8.21. The standard InChI is InChI=1S/C20H34N4O3S2/c1-3-21-20(22-9-14-29(25,26)24-10-12-28-13-11-24)23-15-18(2)16-27-17-19-7-5-4-6-8-19/h4-8,18H,3,9-17H2,1-2H3,(H2,21,22,23). The summed E-state index contributed by atoms with van der Waals surface area (Å²) in [4.78, 5) is 4.57. The van der Waals surface area contributed by atoms with E-state index in [1.54, 1.807) is 16.1 Å². The molecule has 1 atom stereocenters. The van der Waals surface area contributed by atoms with Crippen molar-refractivity contribution in [2.24, 2.45) is 10.9 Å². The Morgan fingerprint density at radius 3 is 2.66 bits per heavy atom. The normalized spacial score (nSPS) is 17.1. The molecule has 1 unspecified atom stereocenters. The number of hydrogen-bond donors (Lipinski definition) is 2. The Morgan fingerprint density at radius 2 is 1.97 bits per heavy atom. The number of sulfonamides is 1. The lowest BCUT2D eigenvalue weighted by atomic mass is 10.2. The van der Waals surface area contributed by atoms with E-state index in [9.17, 15) is 8.42 Å².